The molecule has 0 fully saturated rings. The number of aliphatic imine (C=N–C) groups is 2. The van der Waals surface area contributed by atoms with Gasteiger partial charge in [-0.15, -0.1) is 0 Å². The summed E-state index contributed by atoms with van der Waals surface area (Å²) in [5.74, 6) is 1.65. The van der Waals surface area contributed by atoms with Crippen LogP contribution in [0.15, 0.2) is 125 Å². The molecule has 1 heterocycles. The van der Waals surface area contributed by atoms with Crippen LogP contribution in [0.5, 0.6) is 11.5 Å². The zero-order chi connectivity index (χ0) is 36.4. The number of hydrogen-bond acceptors (Lipinski definition) is 7. The maximum Gasteiger partial charge on any atom is 0.256 e. The Bertz CT molecular complexity index is 1780. The summed E-state index contributed by atoms with van der Waals surface area (Å²) in [6.07, 6.45) is 10.3. The highest BCUT2D eigenvalue weighted by Crippen LogP contribution is 2.19. The molecule has 5 aromatic rings. The zero-order valence-electron chi connectivity index (χ0n) is 29.8. The molecule has 0 spiro atoms. The number of carbonyl (C=O) groups is 2. The van der Waals surface area contributed by atoms with Gasteiger partial charge in [0.25, 0.3) is 11.8 Å². The van der Waals surface area contributed by atoms with Crippen molar-refractivity contribution in [1.82, 2.24) is 4.98 Å². The molecule has 0 aliphatic rings. The number of carbonyl (C=O) groups excluding carboxylic acids is 2. The molecule has 0 atom stereocenters. The second kappa shape index (κ2) is 19.9. The van der Waals surface area contributed by atoms with Crippen LogP contribution in [0.4, 0.5) is 23.0 Å². The highest BCUT2D eigenvalue weighted by atomic mass is 16.5. The van der Waals surface area contributed by atoms with Crippen LogP contribution in [0.3, 0.4) is 0 Å². The topological polar surface area (TPSA) is 114 Å². The zero-order valence-corrected chi connectivity index (χ0v) is 29.8. The Kier molecular flexibility index (Phi) is 14.2. The van der Waals surface area contributed by atoms with E-state index >= 15 is 0 Å². The normalized spacial score (nSPS) is 11.1. The molecule has 52 heavy (non-hydrogen) atoms. The number of hydrogen-bond donors (Lipinski definition) is 2. The van der Waals surface area contributed by atoms with Gasteiger partial charge < -0.3 is 20.1 Å². The molecular weight excluding hydrogens is 651 g/mol. The molecule has 0 saturated heterocycles. The van der Waals surface area contributed by atoms with Gasteiger partial charge in [-0.05, 0) is 133 Å². The number of amides is 2. The molecule has 4 aromatic carbocycles. The number of anilines is 2. The molecule has 9 heteroatoms. The molecule has 1 aromatic heterocycles. The van der Waals surface area contributed by atoms with Crippen LogP contribution in [-0.2, 0) is 0 Å². The van der Waals surface area contributed by atoms with Crippen LogP contribution in [-0.4, -0.2) is 42.4 Å². The van der Waals surface area contributed by atoms with E-state index in [1.165, 1.54) is 12.8 Å². The third-order valence-corrected chi connectivity index (χ3v) is 8.01. The van der Waals surface area contributed by atoms with Crippen molar-refractivity contribution in [2.24, 2.45) is 9.98 Å². The Morgan fingerprint density at radius 3 is 1.35 bits per heavy atom. The minimum atomic E-state index is -0.330. The monoisotopic (exact) mass is 695 g/mol. The third kappa shape index (κ3) is 12.1. The fraction of sp³-hybridized carbons (Fsp3) is 0.233. The predicted molar refractivity (Wildman–Crippen MR) is 210 cm³/mol. The summed E-state index contributed by atoms with van der Waals surface area (Å²) in [6, 6.07) is 34.6. The second-order valence-corrected chi connectivity index (χ2v) is 12.2. The van der Waals surface area contributed by atoms with Crippen molar-refractivity contribution in [1.29, 1.82) is 0 Å². The lowest BCUT2D eigenvalue weighted by molar-refractivity contribution is 0.101. The van der Waals surface area contributed by atoms with E-state index in [-0.39, 0.29) is 11.8 Å². The van der Waals surface area contributed by atoms with Crippen LogP contribution in [0.1, 0.15) is 84.2 Å². The van der Waals surface area contributed by atoms with E-state index in [0.29, 0.717) is 34.1 Å². The lowest BCUT2D eigenvalue weighted by Crippen LogP contribution is -2.15. The Morgan fingerprint density at radius 1 is 0.558 bits per heavy atom. The second-order valence-electron chi connectivity index (χ2n) is 12.2. The van der Waals surface area contributed by atoms with Crippen LogP contribution >= 0.6 is 0 Å². The van der Waals surface area contributed by atoms with Gasteiger partial charge in [0, 0.05) is 23.6 Å². The van der Waals surface area contributed by atoms with E-state index in [1.54, 1.807) is 79.2 Å². The number of benzene rings is 4. The van der Waals surface area contributed by atoms with Crippen molar-refractivity contribution in [3.05, 3.63) is 138 Å². The number of unbranched alkanes of at least 4 members (excludes halogenated alkanes) is 4. The van der Waals surface area contributed by atoms with Gasteiger partial charge in [-0.3, -0.25) is 19.6 Å². The number of nitrogens with one attached hydrogen (secondary N) is 2. The van der Waals surface area contributed by atoms with E-state index in [2.05, 4.69) is 39.4 Å². The Balaban J connectivity index is 1.09. The van der Waals surface area contributed by atoms with Crippen LogP contribution in [0, 0.1) is 0 Å². The Morgan fingerprint density at radius 2 is 0.962 bits per heavy atom. The van der Waals surface area contributed by atoms with E-state index in [0.717, 1.165) is 61.5 Å². The van der Waals surface area contributed by atoms with Gasteiger partial charge in [-0.2, -0.15) is 0 Å². The van der Waals surface area contributed by atoms with Crippen molar-refractivity contribution in [3.63, 3.8) is 0 Å². The molecule has 0 aliphatic carbocycles. The lowest BCUT2D eigenvalue weighted by Gasteiger charge is -2.08. The van der Waals surface area contributed by atoms with Gasteiger partial charge in [0.1, 0.15) is 23.1 Å². The SMILES string of the molecule is CCCCCOc1ccc(C=Nc2ccc(C(=O)Nc3cccc(NC(=O)c4ccc(N=Cc5ccc(OCCCCC)cc5)cc4)n3)cc2)cc1. The van der Waals surface area contributed by atoms with E-state index in [9.17, 15) is 9.59 Å². The lowest BCUT2D eigenvalue weighted by atomic mass is 10.2. The fourth-order valence-electron chi connectivity index (χ4n) is 5.03. The van der Waals surface area contributed by atoms with Gasteiger partial charge in [0.05, 0.1) is 24.6 Å². The van der Waals surface area contributed by atoms with Crippen molar-refractivity contribution >= 4 is 47.3 Å². The summed E-state index contributed by atoms with van der Waals surface area (Å²) >= 11 is 0. The molecule has 5 rings (SSSR count). The minimum absolute atomic E-state index is 0.309. The van der Waals surface area contributed by atoms with Crippen molar-refractivity contribution in [3.8, 4) is 11.5 Å². The van der Waals surface area contributed by atoms with E-state index < -0.39 is 0 Å². The number of nitrogens with zero attached hydrogens (tertiary/aromatic N) is 3. The fourth-order valence-corrected chi connectivity index (χ4v) is 5.03. The first kappa shape index (κ1) is 37.2. The van der Waals surface area contributed by atoms with E-state index in [1.807, 2.05) is 48.5 Å². The molecular formula is C43H45N5O4. The summed E-state index contributed by atoms with van der Waals surface area (Å²) < 4.78 is 11.5. The van der Waals surface area contributed by atoms with Crippen molar-refractivity contribution in [2.75, 3.05) is 23.8 Å². The molecule has 2 amide bonds. The van der Waals surface area contributed by atoms with E-state index in [4.69, 9.17) is 9.47 Å². The summed E-state index contributed by atoms with van der Waals surface area (Å²) in [5.41, 5.74) is 4.23. The molecule has 0 aliphatic heterocycles. The van der Waals surface area contributed by atoms with Crippen LogP contribution < -0.4 is 20.1 Å². The smallest absolute Gasteiger partial charge is 0.256 e. The molecule has 266 valence electrons. The van der Waals surface area contributed by atoms with Crippen LogP contribution in [0.25, 0.3) is 0 Å². The first-order valence-corrected chi connectivity index (χ1v) is 17.8. The molecule has 0 bridgehead atoms. The number of pyridine rings is 1. The molecule has 0 radical (unpaired) electrons. The summed E-state index contributed by atoms with van der Waals surface area (Å²) in [7, 11) is 0. The Hall–Kier alpha value is -6.09. The molecule has 2 N–H and O–H groups in total. The molecule has 0 saturated carbocycles. The molecule has 0 unspecified atom stereocenters. The standard InChI is InChI=1S/C43H45N5O4/c1-3-5-7-28-51-38-24-12-32(13-25-38)30-44-36-20-16-34(17-21-36)42(49)47-40-10-9-11-41(46-40)48-43(50)35-18-22-37(23-19-35)45-31-33-14-26-39(27-15-33)52-29-8-6-4-2/h9-27,30-31H,3-8,28-29H2,1-2H3,(H2,46,47,48,49,50). The van der Waals surface area contributed by atoms with Gasteiger partial charge in [-0.25, -0.2) is 4.98 Å². The molecule has 9 nitrogen and oxygen atoms in total. The van der Waals surface area contributed by atoms with Gasteiger partial charge in [-0.1, -0.05) is 45.6 Å². The number of ether oxygens (including phenoxy) is 2. The third-order valence-electron chi connectivity index (χ3n) is 8.01. The first-order chi connectivity index (χ1) is 25.5. The predicted octanol–water partition coefficient (Wildman–Crippen LogP) is 10.2. The maximum atomic E-state index is 12.9. The average Bonchev–Trinajstić information content (AvgIpc) is 3.18. The average molecular weight is 696 g/mol. The summed E-state index contributed by atoms with van der Waals surface area (Å²) in [5, 5.41) is 5.59. The van der Waals surface area contributed by atoms with Crippen molar-refractivity contribution in [2.45, 2.75) is 52.4 Å². The first-order valence-electron chi connectivity index (χ1n) is 17.8. The van der Waals surface area contributed by atoms with Gasteiger partial charge >= 0.3 is 0 Å². The quantitative estimate of drug-likeness (QED) is 0.0700. The maximum absolute atomic E-state index is 12.9. The highest BCUT2D eigenvalue weighted by molar-refractivity contribution is 6.05. The highest BCUT2D eigenvalue weighted by Gasteiger charge is 2.10. The minimum Gasteiger partial charge on any atom is -0.494 e. The largest absolute Gasteiger partial charge is 0.494 e. The summed E-state index contributed by atoms with van der Waals surface area (Å²) in [6.45, 7) is 5.79. The van der Waals surface area contributed by atoms with Gasteiger partial charge in [0.15, 0.2) is 0 Å². The van der Waals surface area contributed by atoms with Crippen molar-refractivity contribution < 1.29 is 19.1 Å². The van der Waals surface area contributed by atoms with Crippen LogP contribution in [0.2, 0.25) is 0 Å². The summed E-state index contributed by atoms with van der Waals surface area (Å²) in [4.78, 5) is 39.3. The Labute approximate surface area is 305 Å². The van der Waals surface area contributed by atoms with Gasteiger partial charge in [0.2, 0.25) is 0 Å². The number of aromatic nitrogens is 1. The number of rotatable bonds is 18.